The van der Waals surface area contributed by atoms with E-state index in [0.717, 1.165) is 13.1 Å². The summed E-state index contributed by atoms with van der Waals surface area (Å²) in [6, 6.07) is 0. The van der Waals surface area contributed by atoms with Crippen LogP contribution in [-0.4, -0.2) is 25.5 Å². The molecule has 1 amide bonds. The van der Waals surface area contributed by atoms with Gasteiger partial charge in [0.25, 0.3) is 0 Å². The second-order valence-electron chi connectivity index (χ2n) is 6.73. The van der Waals surface area contributed by atoms with Crippen molar-refractivity contribution in [3.05, 3.63) is 0 Å². The first kappa shape index (κ1) is 22.4. The van der Waals surface area contributed by atoms with Gasteiger partial charge in [-0.15, -0.1) is 0 Å². The third-order valence-electron chi connectivity index (χ3n) is 4.37. The fourth-order valence-corrected chi connectivity index (χ4v) is 2.91. The zero-order valence-corrected chi connectivity index (χ0v) is 15.9. The molecule has 0 aromatic heterocycles. The van der Waals surface area contributed by atoms with Crippen molar-refractivity contribution in [3.8, 4) is 0 Å². The van der Waals surface area contributed by atoms with E-state index in [-0.39, 0.29) is 5.91 Å². The van der Waals surface area contributed by atoms with Gasteiger partial charge in [-0.3, -0.25) is 4.79 Å². The van der Waals surface area contributed by atoms with Crippen molar-refractivity contribution in [2.45, 2.75) is 104 Å². The van der Waals surface area contributed by atoms with Crippen LogP contribution in [0.3, 0.4) is 0 Å². The number of likely N-dealkylation sites (N-methyl/N-ethyl adjacent to an activating group) is 1. The number of carbonyl (C=O) groups excluding carboxylic acids is 1. The first-order chi connectivity index (χ1) is 11.3. The molecule has 0 saturated heterocycles. The summed E-state index contributed by atoms with van der Waals surface area (Å²) >= 11 is 0. The van der Waals surface area contributed by atoms with E-state index in [1.54, 1.807) is 0 Å². The first-order valence-electron chi connectivity index (χ1n) is 10.3. The number of nitrogens with one attached hydrogen (secondary N) is 2. The third kappa shape index (κ3) is 19.4. The summed E-state index contributed by atoms with van der Waals surface area (Å²) in [7, 11) is 0. The minimum absolute atomic E-state index is 0.109. The van der Waals surface area contributed by atoms with Crippen LogP contribution in [0.5, 0.6) is 0 Å². The molecule has 0 aliphatic rings. The van der Waals surface area contributed by atoms with Crippen LogP contribution in [0.1, 0.15) is 104 Å². The number of amides is 1. The van der Waals surface area contributed by atoms with Gasteiger partial charge in [-0.2, -0.15) is 0 Å². The Kier molecular flexibility index (Phi) is 19.0. The van der Waals surface area contributed by atoms with E-state index >= 15 is 0 Å². The van der Waals surface area contributed by atoms with Crippen LogP contribution >= 0.6 is 0 Å². The molecule has 23 heavy (non-hydrogen) atoms. The number of hydrogen-bond acceptors (Lipinski definition) is 2. The maximum atomic E-state index is 11.2. The van der Waals surface area contributed by atoms with Gasteiger partial charge in [-0.1, -0.05) is 90.4 Å². The molecule has 0 radical (unpaired) electrons. The maximum Gasteiger partial charge on any atom is 0.233 e. The second-order valence-corrected chi connectivity index (χ2v) is 6.73. The summed E-state index contributed by atoms with van der Waals surface area (Å²) in [5.74, 6) is 0.109. The van der Waals surface area contributed by atoms with E-state index in [0.29, 0.717) is 6.54 Å². The van der Waals surface area contributed by atoms with Gasteiger partial charge < -0.3 is 10.6 Å². The van der Waals surface area contributed by atoms with Crippen LogP contribution in [0.4, 0.5) is 0 Å². The molecule has 0 aromatic rings. The molecule has 0 aliphatic heterocycles. The van der Waals surface area contributed by atoms with Crippen molar-refractivity contribution in [1.29, 1.82) is 0 Å². The number of unbranched alkanes of at least 4 members (excludes halogenated alkanes) is 13. The highest BCUT2D eigenvalue weighted by molar-refractivity contribution is 5.77. The molecule has 0 unspecified atom stereocenters. The zero-order chi connectivity index (χ0) is 17.0. The maximum absolute atomic E-state index is 11.2. The SMILES string of the molecule is CCCCCCCCCCCCCCCCNCC(=O)NCC. The molecule has 0 heterocycles. The molecule has 3 nitrogen and oxygen atoms in total. The largest absolute Gasteiger partial charge is 0.355 e. The smallest absolute Gasteiger partial charge is 0.233 e. The number of hydrogen-bond donors (Lipinski definition) is 2. The highest BCUT2D eigenvalue weighted by Crippen LogP contribution is 2.12. The molecule has 0 saturated carbocycles. The van der Waals surface area contributed by atoms with Crippen molar-refractivity contribution in [3.63, 3.8) is 0 Å². The highest BCUT2D eigenvalue weighted by Gasteiger charge is 1.97. The Balaban J connectivity index is 3.01. The van der Waals surface area contributed by atoms with Crippen LogP contribution in [0.2, 0.25) is 0 Å². The van der Waals surface area contributed by atoms with Gasteiger partial charge in [0.1, 0.15) is 0 Å². The molecule has 0 bridgehead atoms. The summed E-state index contributed by atoms with van der Waals surface area (Å²) in [4.78, 5) is 11.2. The fraction of sp³-hybridized carbons (Fsp3) is 0.950. The van der Waals surface area contributed by atoms with Crippen molar-refractivity contribution < 1.29 is 4.79 Å². The monoisotopic (exact) mass is 326 g/mol. The van der Waals surface area contributed by atoms with Gasteiger partial charge in [-0.25, -0.2) is 0 Å². The van der Waals surface area contributed by atoms with Gasteiger partial charge in [0.15, 0.2) is 0 Å². The Morgan fingerprint density at radius 1 is 0.652 bits per heavy atom. The van der Waals surface area contributed by atoms with E-state index in [1.807, 2.05) is 6.92 Å². The minimum Gasteiger partial charge on any atom is -0.355 e. The van der Waals surface area contributed by atoms with E-state index in [4.69, 9.17) is 0 Å². The number of rotatable bonds is 18. The minimum atomic E-state index is 0.109. The zero-order valence-electron chi connectivity index (χ0n) is 15.9. The molecule has 0 fully saturated rings. The van der Waals surface area contributed by atoms with Crippen LogP contribution < -0.4 is 10.6 Å². The molecule has 138 valence electrons. The molecule has 0 spiro atoms. The molecule has 0 aromatic carbocycles. The average Bonchev–Trinajstić information content (AvgIpc) is 2.54. The standard InChI is InChI=1S/C20H42N2O/c1-3-5-6-7-8-9-10-11-12-13-14-15-16-17-18-21-19-20(23)22-4-2/h21H,3-19H2,1-2H3,(H,22,23). The molecule has 0 atom stereocenters. The molecular weight excluding hydrogens is 284 g/mol. The van der Waals surface area contributed by atoms with Crippen LogP contribution in [0, 0.1) is 0 Å². The van der Waals surface area contributed by atoms with Crippen molar-refractivity contribution >= 4 is 5.91 Å². The van der Waals surface area contributed by atoms with Crippen molar-refractivity contribution in [2.24, 2.45) is 0 Å². The molecular formula is C20H42N2O. The lowest BCUT2D eigenvalue weighted by molar-refractivity contribution is -0.120. The van der Waals surface area contributed by atoms with Crippen molar-refractivity contribution in [2.75, 3.05) is 19.6 Å². The predicted octanol–water partition coefficient (Wildman–Crippen LogP) is 5.19. The molecule has 0 aliphatic carbocycles. The van der Waals surface area contributed by atoms with E-state index in [2.05, 4.69) is 17.6 Å². The first-order valence-corrected chi connectivity index (χ1v) is 10.3. The summed E-state index contributed by atoms with van der Waals surface area (Å²) in [5.41, 5.74) is 0. The highest BCUT2D eigenvalue weighted by atomic mass is 16.1. The lowest BCUT2D eigenvalue weighted by Gasteiger charge is -2.05. The van der Waals surface area contributed by atoms with Gasteiger partial charge in [0.05, 0.1) is 6.54 Å². The van der Waals surface area contributed by atoms with E-state index in [1.165, 1.54) is 89.9 Å². The summed E-state index contributed by atoms with van der Waals surface area (Å²) < 4.78 is 0. The second kappa shape index (κ2) is 19.5. The van der Waals surface area contributed by atoms with Crippen LogP contribution in [-0.2, 0) is 4.79 Å². The Labute approximate surface area is 145 Å². The van der Waals surface area contributed by atoms with Gasteiger partial charge in [-0.05, 0) is 19.9 Å². The number of carbonyl (C=O) groups is 1. The lowest BCUT2D eigenvalue weighted by atomic mass is 10.0. The Morgan fingerprint density at radius 2 is 1.09 bits per heavy atom. The van der Waals surface area contributed by atoms with Crippen LogP contribution in [0.25, 0.3) is 0 Å². The Bertz CT molecular complexity index is 244. The Hall–Kier alpha value is -0.570. The molecule has 3 heteroatoms. The normalized spacial score (nSPS) is 10.9. The van der Waals surface area contributed by atoms with Gasteiger partial charge >= 0.3 is 0 Å². The third-order valence-corrected chi connectivity index (χ3v) is 4.37. The summed E-state index contributed by atoms with van der Waals surface area (Å²) in [5, 5.41) is 6.00. The van der Waals surface area contributed by atoms with Gasteiger partial charge in [0.2, 0.25) is 5.91 Å². The lowest BCUT2D eigenvalue weighted by Crippen LogP contribution is -2.33. The quantitative estimate of drug-likeness (QED) is 0.340. The fourth-order valence-electron chi connectivity index (χ4n) is 2.91. The summed E-state index contributed by atoms with van der Waals surface area (Å²) in [6.45, 7) is 6.38. The van der Waals surface area contributed by atoms with E-state index < -0.39 is 0 Å². The van der Waals surface area contributed by atoms with Crippen LogP contribution in [0.15, 0.2) is 0 Å². The van der Waals surface area contributed by atoms with E-state index in [9.17, 15) is 4.79 Å². The molecule has 2 N–H and O–H groups in total. The molecule has 0 rings (SSSR count). The predicted molar refractivity (Wildman–Crippen MR) is 102 cm³/mol. The van der Waals surface area contributed by atoms with Gasteiger partial charge in [0, 0.05) is 6.54 Å². The average molecular weight is 327 g/mol. The Morgan fingerprint density at radius 3 is 1.52 bits per heavy atom. The summed E-state index contributed by atoms with van der Waals surface area (Å²) in [6.07, 6.45) is 19.5. The topological polar surface area (TPSA) is 41.1 Å². The van der Waals surface area contributed by atoms with Crippen molar-refractivity contribution in [1.82, 2.24) is 10.6 Å².